The maximum Gasteiger partial charge on any atom is 0.251 e. The summed E-state index contributed by atoms with van der Waals surface area (Å²) in [4.78, 5) is 18.0. The summed E-state index contributed by atoms with van der Waals surface area (Å²) in [5.41, 5.74) is 4.08. The van der Waals surface area contributed by atoms with Gasteiger partial charge in [0.2, 0.25) is 10.0 Å². The third-order valence-electron chi connectivity index (χ3n) is 7.93. The highest BCUT2D eigenvalue weighted by Crippen LogP contribution is 2.20. The molecule has 0 spiro atoms. The maximum absolute atomic E-state index is 12.9. The Morgan fingerprint density at radius 2 is 1.50 bits per heavy atom. The summed E-state index contributed by atoms with van der Waals surface area (Å²) in [6.45, 7) is 9.03. The van der Waals surface area contributed by atoms with Gasteiger partial charge in [-0.15, -0.1) is 0 Å². The van der Waals surface area contributed by atoms with Crippen molar-refractivity contribution in [1.29, 1.82) is 0 Å². The fourth-order valence-electron chi connectivity index (χ4n) is 5.67. The highest BCUT2D eigenvalue weighted by atomic mass is 32.2. The van der Waals surface area contributed by atoms with Crippen molar-refractivity contribution in [2.24, 2.45) is 5.92 Å². The predicted molar refractivity (Wildman–Crippen MR) is 158 cm³/mol. The molecule has 7 nitrogen and oxygen atoms in total. The largest absolute Gasteiger partial charge is 0.348 e. The molecule has 2 saturated heterocycles. The lowest BCUT2D eigenvalue weighted by Gasteiger charge is -2.34. The number of rotatable bonds is 9. The van der Waals surface area contributed by atoms with Gasteiger partial charge < -0.3 is 5.32 Å². The van der Waals surface area contributed by atoms with E-state index in [9.17, 15) is 13.2 Å². The maximum atomic E-state index is 12.9. The highest BCUT2D eigenvalue weighted by Gasteiger charge is 2.28. The van der Waals surface area contributed by atoms with Crippen LogP contribution in [0.25, 0.3) is 0 Å². The number of hydrogen-bond donors (Lipinski definition) is 1. The number of hydrogen-bond acceptors (Lipinski definition) is 5. The molecule has 1 amide bonds. The number of carbonyl (C=O) groups is 1. The quantitative estimate of drug-likeness (QED) is 0.421. The fraction of sp³-hybridized carbons (Fsp3) is 0.406. The van der Waals surface area contributed by atoms with Gasteiger partial charge in [0.25, 0.3) is 5.91 Å². The number of piperidine rings is 1. The highest BCUT2D eigenvalue weighted by molar-refractivity contribution is 7.89. The van der Waals surface area contributed by atoms with Crippen LogP contribution in [0, 0.1) is 5.92 Å². The summed E-state index contributed by atoms with van der Waals surface area (Å²) in [5.74, 6) is 0.683. The number of sulfonamides is 1. The number of nitrogens with zero attached hydrogens (tertiary/aromatic N) is 3. The molecule has 1 atom stereocenters. The molecule has 0 radical (unpaired) electrons. The van der Waals surface area contributed by atoms with Crippen LogP contribution in [0.2, 0.25) is 0 Å². The molecule has 3 aromatic carbocycles. The minimum atomic E-state index is -3.47. The van der Waals surface area contributed by atoms with Crippen LogP contribution >= 0.6 is 0 Å². The minimum Gasteiger partial charge on any atom is -0.348 e. The molecule has 0 bridgehead atoms. The molecule has 1 unspecified atom stereocenters. The van der Waals surface area contributed by atoms with Crippen LogP contribution in [0.1, 0.15) is 46.8 Å². The van der Waals surface area contributed by atoms with E-state index < -0.39 is 10.0 Å². The van der Waals surface area contributed by atoms with E-state index in [1.807, 2.05) is 30.3 Å². The van der Waals surface area contributed by atoms with Crippen LogP contribution in [-0.4, -0.2) is 67.7 Å². The Labute approximate surface area is 238 Å². The van der Waals surface area contributed by atoms with E-state index in [0.717, 1.165) is 23.6 Å². The second-order valence-electron chi connectivity index (χ2n) is 11.2. The molecule has 0 saturated carbocycles. The van der Waals surface area contributed by atoms with Gasteiger partial charge in [0, 0.05) is 57.9 Å². The molecular weight excluding hydrogens is 520 g/mol. The van der Waals surface area contributed by atoms with Crippen molar-refractivity contribution in [3.05, 3.63) is 101 Å². The second kappa shape index (κ2) is 13.1. The lowest BCUT2D eigenvalue weighted by Crippen LogP contribution is -2.48. The van der Waals surface area contributed by atoms with Crippen LogP contribution in [0.4, 0.5) is 0 Å². The molecule has 2 aliphatic heterocycles. The molecule has 2 heterocycles. The molecule has 5 rings (SSSR count). The summed E-state index contributed by atoms with van der Waals surface area (Å²) >= 11 is 0. The van der Waals surface area contributed by atoms with Crippen LogP contribution in [0.15, 0.2) is 83.8 Å². The number of piperazine rings is 1. The molecular formula is C32H40N4O3S. The van der Waals surface area contributed by atoms with Gasteiger partial charge in [-0.25, -0.2) is 8.42 Å². The third kappa shape index (κ3) is 7.37. The first-order chi connectivity index (χ1) is 19.4. The lowest BCUT2D eigenvalue weighted by molar-refractivity contribution is 0.0950. The van der Waals surface area contributed by atoms with Gasteiger partial charge in [0.15, 0.2) is 0 Å². The lowest BCUT2D eigenvalue weighted by atomic mass is 9.99. The van der Waals surface area contributed by atoms with E-state index in [2.05, 4.69) is 46.3 Å². The van der Waals surface area contributed by atoms with Crippen molar-refractivity contribution in [2.75, 3.05) is 39.3 Å². The van der Waals surface area contributed by atoms with Gasteiger partial charge in [0.05, 0.1) is 4.90 Å². The van der Waals surface area contributed by atoms with E-state index in [4.69, 9.17) is 0 Å². The van der Waals surface area contributed by atoms with Crippen molar-refractivity contribution >= 4 is 15.9 Å². The van der Waals surface area contributed by atoms with Crippen LogP contribution < -0.4 is 5.32 Å². The molecule has 3 aromatic rings. The summed E-state index contributed by atoms with van der Waals surface area (Å²) in [5, 5.41) is 3.05. The van der Waals surface area contributed by atoms with E-state index in [1.165, 1.54) is 31.5 Å². The van der Waals surface area contributed by atoms with Crippen LogP contribution in [0.3, 0.4) is 0 Å². The first-order valence-electron chi connectivity index (χ1n) is 14.3. The normalized spacial score (nSPS) is 19.4. The van der Waals surface area contributed by atoms with Crippen LogP contribution in [0.5, 0.6) is 0 Å². The minimum absolute atomic E-state index is 0.0907. The van der Waals surface area contributed by atoms with Gasteiger partial charge in [-0.3, -0.25) is 14.6 Å². The summed E-state index contributed by atoms with van der Waals surface area (Å²) in [6, 6.07) is 24.9. The standard InChI is InChI=1S/C32H40N4O3S/c1-26-7-6-16-35(23-26)24-28-14-12-27(13-15-28)22-33-32(37)30-9-5-8-29(21-30)25-34-17-19-36(20-18-34)40(38,39)31-10-3-2-4-11-31/h2-5,8-15,21,26H,6-7,16-20,22-25H2,1H3,(H,33,37). The smallest absolute Gasteiger partial charge is 0.251 e. The molecule has 40 heavy (non-hydrogen) atoms. The molecule has 2 aliphatic rings. The predicted octanol–water partition coefficient (Wildman–Crippen LogP) is 4.36. The van der Waals surface area contributed by atoms with Crippen molar-refractivity contribution in [2.45, 2.75) is 44.3 Å². The number of likely N-dealkylation sites (tertiary alicyclic amines) is 1. The zero-order valence-electron chi connectivity index (χ0n) is 23.3. The summed E-state index contributed by atoms with van der Waals surface area (Å²) in [6.07, 6.45) is 2.61. The Bertz CT molecular complexity index is 1370. The van der Waals surface area contributed by atoms with E-state index >= 15 is 0 Å². The zero-order chi connectivity index (χ0) is 28.0. The molecule has 212 valence electrons. The molecule has 2 fully saturated rings. The van der Waals surface area contributed by atoms with Crippen molar-refractivity contribution in [3.63, 3.8) is 0 Å². The molecule has 0 aliphatic carbocycles. The summed E-state index contributed by atoms with van der Waals surface area (Å²) < 4.78 is 27.4. The summed E-state index contributed by atoms with van der Waals surface area (Å²) in [7, 11) is -3.47. The van der Waals surface area contributed by atoms with Gasteiger partial charge in [-0.2, -0.15) is 4.31 Å². The Hall–Kier alpha value is -3.04. The van der Waals surface area contributed by atoms with Crippen molar-refractivity contribution in [3.8, 4) is 0 Å². The number of nitrogens with one attached hydrogen (secondary N) is 1. The van der Waals surface area contributed by atoms with Crippen molar-refractivity contribution in [1.82, 2.24) is 19.4 Å². The van der Waals surface area contributed by atoms with E-state index in [1.54, 1.807) is 28.6 Å². The van der Waals surface area contributed by atoms with Gasteiger partial charge in [-0.1, -0.05) is 61.5 Å². The average molecular weight is 561 g/mol. The van der Waals surface area contributed by atoms with Gasteiger partial charge >= 0.3 is 0 Å². The number of carbonyl (C=O) groups excluding carboxylic acids is 1. The fourth-order valence-corrected chi connectivity index (χ4v) is 7.12. The number of benzene rings is 3. The molecule has 0 aromatic heterocycles. The monoisotopic (exact) mass is 560 g/mol. The third-order valence-corrected chi connectivity index (χ3v) is 9.84. The number of amides is 1. The zero-order valence-corrected chi connectivity index (χ0v) is 24.2. The molecule has 1 N–H and O–H groups in total. The Morgan fingerprint density at radius 3 is 2.23 bits per heavy atom. The average Bonchev–Trinajstić information content (AvgIpc) is 2.97. The first kappa shape index (κ1) is 28.5. The van der Waals surface area contributed by atoms with Gasteiger partial charge in [-0.05, 0) is 66.3 Å². The Morgan fingerprint density at radius 1 is 0.800 bits per heavy atom. The van der Waals surface area contributed by atoms with E-state index in [0.29, 0.717) is 49.7 Å². The first-order valence-corrected chi connectivity index (χ1v) is 15.8. The SMILES string of the molecule is CC1CCCN(Cc2ccc(CNC(=O)c3cccc(CN4CCN(S(=O)(=O)c5ccccc5)CC4)c3)cc2)C1. The second-order valence-corrected chi connectivity index (χ2v) is 13.1. The Kier molecular flexibility index (Phi) is 9.32. The molecule has 8 heteroatoms. The van der Waals surface area contributed by atoms with Crippen molar-refractivity contribution < 1.29 is 13.2 Å². The van der Waals surface area contributed by atoms with Gasteiger partial charge in [0.1, 0.15) is 0 Å². The topological polar surface area (TPSA) is 73.0 Å². The van der Waals surface area contributed by atoms with Crippen LogP contribution in [-0.2, 0) is 29.7 Å². The van der Waals surface area contributed by atoms with E-state index in [-0.39, 0.29) is 5.91 Å². The Balaban J connectivity index is 1.09.